The van der Waals surface area contributed by atoms with Crippen LogP contribution in [0.25, 0.3) is 0 Å². The van der Waals surface area contributed by atoms with Gasteiger partial charge in [-0.25, -0.2) is 0 Å². The Kier molecular flexibility index (Phi) is 14.4. The average Bonchev–Trinajstić information content (AvgIpc) is 3.31. The van der Waals surface area contributed by atoms with E-state index in [4.69, 9.17) is 44.6 Å². The number of hydrogen-bond donors (Lipinski definition) is 4. The Bertz CT molecular complexity index is 1900. The molecule has 4 unspecified atom stereocenters. The van der Waals surface area contributed by atoms with Gasteiger partial charge in [0.2, 0.25) is 0 Å². The summed E-state index contributed by atoms with van der Waals surface area (Å²) in [6.45, 7) is -0.542. The highest BCUT2D eigenvalue weighted by Gasteiger charge is 2.46. The Morgan fingerprint density at radius 3 is 0.847 bits per heavy atom. The van der Waals surface area contributed by atoms with E-state index in [1.807, 2.05) is 158 Å². The molecule has 0 aliphatic rings. The molecule has 308 valence electrons. The maximum Gasteiger partial charge on any atom is 0.189 e. The Labute approximate surface area is 345 Å². The lowest BCUT2D eigenvalue weighted by atomic mass is 9.79. The highest BCUT2D eigenvalue weighted by molar-refractivity contribution is 5.51. The normalized spacial score (nSPS) is 13.8. The minimum atomic E-state index is -1.53. The van der Waals surface area contributed by atoms with Crippen LogP contribution >= 0.6 is 0 Å². The van der Waals surface area contributed by atoms with Gasteiger partial charge in [0, 0.05) is 13.1 Å². The van der Waals surface area contributed by atoms with E-state index in [2.05, 4.69) is 0 Å². The molecule has 59 heavy (non-hydrogen) atoms. The molecule has 0 aliphatic heterocycles. The second kappa shape index (κ2) is 19.8. The zero-order chi connectivity index (χ0) is 41.8. The van der Waals surface area contributed by atoms with Gasteiger partial charge in [-0.1, -0.05) is 109 Å². The van der Waals surface area contributed by atoms with E-state index in [-0.39, 0.29) is 13.1 Å². The first-order valence-electron chi connectivity index (χ1n) is 19.2. The van der Waals surface area contributed by atoms with Crippen molar-refractivity contribution >= 4 is 0 Å². The molecular weight excluding hydrogens is 749 g/mol. The average molecular weight is 801 g/mol. The van der Waals surface area contributed by atoms with Crippen LogP contribution in [0.4, 0.5) is 0 Å². The van der Waals surface area contributed by atoms with E-state index in [1.54, 1.807) is 28.4 Å². The molecule has 0 bridgehead atoms. The summed E-state index contributed by atoms with van der Waals surface area (Å²) >= 11 is 0. The van der Waals surface area contributed by atoms with Crippen LogP contribution < -0.4 is 30.4 Å². The standard InChI is InChI=1S/C48H52N2O9/c1-53-39-23-15-35(16-24-39)47(33-11-7-5-8-12-33,36-17-25-40(54-2)26-18-36)58-45(43(51)31-49)57-46(44(52)32-50)59-48(34-13-9-6-10-14-34,37-19-27-41(55-3)28-20-37)38-21-29-42(56-4)30-22-38/h5-30,43-46,51-52H,31-32,49-50H2,1-4H3. The van der Waals surface area contributed by atoms with Crippen LogP contribution in [-0.4, -0.2) is 76.5 Å². The number of aliphatic hydroxyl groups excluding tert-OH is 2. The fourth-order valence-corrected chi connectivity index (χ4v) is 7.15. The van der Waals surface area contributed by atoms with Crippen LogP contribution in [0.15, 0.2) is 158 Å². The van der Waals surface area contributed by atoms with E-state index in [0.717, 1.165) is 0 Å². The summed E-state index contributed by atoms with van der Waals surface area (Å²) in [7, 11) is 6.38. The maximum atomic E-state index is 11.8. The van der Waals surface area contributed by atoms with Crippen LogP contribution in [0.3, 0.4) is 0 Å². The van der Waals surface area contributed by atoms with E-state index >= 15 is 0 Å². The minimum Gasteiger partial charge on any atom is -0.497 e. The molecule has 4 atom stereocenters. The van der Waals surface area contributed by atoms with Gasteiger partial charge in [0.1, 0.15) is 46.4 Å². The molecule has 0 amide bonds. The van der Waals surface area contributed by atoms with Crippen molar-refractivity contribution in [2.45, 2.75) is 36.0 Å². The quantitative estimate of drug-likeness (QED) is 0.0505. The maximum absolute atomic E-state index is 11.8. The summed E-state index contributed by atoms with van der Waals surface area (Å²) in [5.41, 5.74) is 13.7. The van der Waals surface area contributed by atoms with Gasteiger partial charge in [-0.15, -0.1) is 0 Å². The largest absolute Gasteiger partial charge is 0.497 e. The van der Waals surface area contributed by atoms with Crippen molar-refractivity contribution in [1.82, 2.24) is 0 Å². The zero-order valence-corrected chi connectivity index (χ0v) is 33.6. The Balaban J connectivity index is 1.56. The molecule has 0 radical (unpaired) electrons. The van der Waals surface area contributed by atoms with Gasteiger partial charge < -0.3 is 54.8 Å². The fraction of sp³-hybridized carbons (Fsp3) is 0.250. The first kappa shape index (κ1) is 42.8. The number of aliphatic hydroxyl groups is 2. The summed E-state index contributed by atoms with van der Waals surface area (Å²) in [6.07, 6.45) is -5.93. The molecule has 0 saturated carbocycles. The van der Waals surface area contributed by atoms with Crippen LogP contribution in [0.5, 0.6) is 23.0 Å². The third-order valence-corrected chi connectivity index (χ3v) is 10.3. The Morgan fingerprint density at radius 1 is 0.390 bits per heavy atom. The van der Waals surface area contributed by atoms with E-state index in [1.165, 1.54) is 0 Å². The molecule has 6 aromatic carbocycles. The van der Waals surface area contributed by atoms with Crippen molar-refractivity contribution in [1.29, 1.82) is 0 Å². The smallest absolute Gasteiger partial charge is 0.189 e. The van der Waals surface area contributed by atoms with Crippen molar-refractivity contribution in [2.24, 2.45) is 11.5 Å². The number of rotatable bonds is 20. The summed E-state index contributed by atoms with van der Waals surface area (Å²) in [4.78, 5) is 0. The lowest BCUT2D eigenvalue weighted by molar-refractivity contribution is -0.325. The second-order valence-electron chi connectivity index (χ2n) is 13.7. The molecule has 6 N–H and O–H groups in total. The van der Waals surface area contributed by atoms with Crippen molar-refractivity contribution in [3.8, 4) is 23.0 Å². The number of benzene rings is 6. The van der Waals surface area contributed by atoms with Crippen molar-refractivity contribution in [2.75, 3.05) is 41.5 Å². The SMILES string of the molecule is COc1ccc(C(OC(OC(OC(c2ccccc2)(c2ccc(OC)cc2)c2ccc(OC)cc2)C(O)CN)C(O)CN)(c2ccccc2)c2ccc(OC)cc2)cc1. The molecule has 11 nitrogen and oxygen atoms in total. The predicted octanol–water partition coefficient (Wildman–Crippen LogP) is 6.35. The highest BCUT2D eigenvalue weighted by atomic mass is 16.8. The van der Waals surface area contributed by atoms with Crippen LogP contribution in [0.2, 0.25) is 0 Å². The van der Waals surface area contributed by atoms with Gasteiger partial charge in [0.15, 0.2) is 12.6 Å². The molecule has 0 aromatic heterocycles. The third-order valence-electron chi connectivity index (χ3n) is 10.3. The van der Waals surface area contributed by atoms with Crippen LogP contribution in [0.1, 0.15) is 33.4 Å². The topological polar surface area (TPSA) is 157 Å². The van der Waals surface area contributed by atoms with Crippen LogP contribution in [0, 0.1) is 0 Å². The predicted molar refractivity (Wildman–Crippen MR) is 226 cm³/mol. The fourth-order valence-electron chi connectivity index (χ4n) is 7.15. The highest BCUT2D eigenvalue weighted by Crippen LogP contribution is 2.46. The van der Waals surface area contributed by atoms with Gasteiger partial charge in [-0.3, -0.25) is 0 Å². The lowest BCUT2D eigenvalue weighted by Gasteiger charge is -2.43. The molecule has 0 heterocycles. The molecule has 0 fully saturated rings. The zero-order valence-electron chi connectivity index (χ0n) is 33.6. The van der Waals surface area contributed by atoms with Crippen molar-refractivity contribution in [3.63, 3.8) is 0 Å². The molecule has 0 saturated heterocycles. The summed E-state index contributed by atoms with van der Waals surface area (Å²) in [5, 5.41) is 23.7. The molecule has 6 rings (SSSR count). The first-order chi connectivity index (χ1) is 28.8. The lowest BCUT2D eigenvalue weighted by Crippen LogP contribution is -2.52. The number of methoxy groups -OCH3 is 4. The third kappa shape index (κ3) is 9.12. The Morgan fingerprint density at radius 2 is 0.627 bits per heavy atom. The minimum absolute atomic E-state index is 0.271. The van der Waals surface area contributed by atoms with Crippen LogP contribution in [-0.2, 0) is 25.4 Å². The second-order valence-corrected chi connectivity index (χ2v) is 13.7. The van der Waals surface area contributed by atoms with E-state index < -0.39 is 36.0 Å². The van der Waals surface area contributed by atoms with Gasteiger partial charge in [0.05, 0.1) is 28.4 Å². The van der Waals surface area contributed by atoms with E-state index in [9.17, 15) is 10.2 Å². The van der Waals surface area contributed by atoms with Gasteiger partial charge in [-0.05, 0) is 81.9 Å². The molecular formula is C48H52N2O9. The summed E-state index contributed by atoms with van der Waals surface area (Å²) in [6, 6.07) is 48.9. The van der Waals surface area contributed by atoms with Gasteiger partial charge in [0.25, 0.3) is 0 Å². The van der Waals surface area contributed by atoms with E-state index in [0.29, 0.717) is 56.4 Å². The molecule has 11 heteroatoms. The first-order valence-corrected chi connectivity index (χ1v) is 19.2. The van der Waals surface area contributed by atoms with Crippen molar-refractivity contribution in [3.05, 3.63) is 191 Å². The number of nitrogens with two attached hydrogens (primary N) is 2. The van der Waals surface area contributed by atoms with Crippen molar-refractivity contribution < 1.29 is 43.4 Å². The summed E-state index contributed by atoms with van der Waals surface area (Å²) < 4.78 is 43.3. The van der Waals surface area contributed by atoms with Gasteiger partial charge in [-0.2, -0.15) is 0 Å². The molecule has 0 aliphatic carbocycles. The Hall–Kier alpha value is -5.76. The molecule has 0 spiro atoms. The number of hydrogen-bond acceptors (Lipinski definition) is 11. The number of ether oxygens (including phenoxy) is 7. The van der Waals surface area contributed by atoms with Gasteiger partial charge >= 0.3 is 0 Å². The monoisotopic (exact) mass is 800 g/mol. The summed E-state index contributed by atoms with van der Waals surface area (Å²) in [5.74, 6) is 2.53. The molecule has 6 aromatic rings.